The molecule has 1 unspecified atom stereocenters. The monoisotopic (exact) mass is 466 g/mol. The summed E-state index contributed by atoms with van der Waals surface area (Å²) in [6, 6.07) is 8.58. The zero-order chi connectivity index (χ0) is 23.3. The van der Waals surface area contributed by atoms with Gasteiger partial charge in [-0.3, -0.25) is 9.32 Å². The van der Waals surface area contributed by atoms with E-state index in [1.54, 1.807) is 24.3 Å². The van der Waals surface area contributed by atoms with Crippen LogP contribution in [0.25, 0.3) is 0 Å². The first-order chi connectivity index (χ1) is 15.7. The molecule has 0 amide bonds. The second-order valence-corrected chi connectivity index (χ2v) is 9.49. The van der Waals surface area contributed by atoms with Crippen LogP contribution in [-0.4, -0.2) is 19.0 Å². The molecule has 1 aromatic carbocycles. The molecule has 0 bridgehead atoms. The Morgan fingerprint density at radius 1 is 0.688 bits per heavy atom. The third-order valence-electron chi connectivity index (χ3n) is 5.48. The zero-order valence-electron chi connectivity index (χ0n) is 20.2. The van der Waals surface area contributed by atoms with E-state index < -0.39 is 14.6 Å². The van der Waals surface area contributed by atoms with Crippen LogP contribution in [0.15, 0.2) is 30.3 Å². The predicted octanol–water partition coefficient (Wildman–Crippen LogP) is 8.52. The Labute approximate surface area is 196 Å². The van der Waals surface area contributed by atoms with E-state index in [0.717, 1.165) is 19.3 Å². The van der Waals surface area contributed by atoms with Crippen molar-refractivity contribution in [2.24, 2.45) is 0 Å². The lowest BCUT2D eigenvalue weighted by atomic mass is 10.0. The topological polar surface area (TPSA) is 61.8 Å². The third-order valence-corrected chi connectivity index (χ3v) is 6.44. The van der Waals surface area contributed by atoms with E-state index >= 15 is 0 Å². The second-order valence-electron chi connectivity index (χ2n) is 8.31. The fourth-order valence-corrected chi connectivity index (χ4v) is 4.24. The summed E-state index contributed by atoms with van der Waals surface area (Å²) in [5.74, 6) is -0.938. The number of hydrogen-bond donors (Lipinski definition) is 0. The molecule has 0 radical (unpaired) electrons. The van der Waals surface area contributed by atoms with Crippen molar-refractivity contribution in [3.63, 3.8) is 0 Å². The van der Waals surface area contributed by atoms with E-state index in [0.29, 0.717) is 12.0 Å². The zero-order valence-corrected chi connectivity index (χ0v) is 21.1. The molecule has 6 heteroatoms. The van der Waals surface area contributed by atoms with E-state index in [9.17, 15) is 9.59 Å². The molecule has 0 aliphatic heterocycles. The summed E-state index contributed by atoms with van der Waals surface area (Å²) in [4.78, 5) is 24.0. The summed E-state index contributed by atoms with van der Waals surface area (Å²) in [6.45, 7) is 2.26. The van der Waals surface area contributed by atoms with E-state index in [1.807, 2.05) is 6.07 Å². The van der Waals surface area contributed by atoms with Crippen molar-refractivity contribution in [2.45, 2.75) is 110 Å². The minimum atomic E-state index is -2.00. The molecule has 0 saturated heterocycles. The van der Waals surface area contributed by atoms with Crippen LogP contribution in [0.1, 0.15) is 120 Å². The Morgan fingerprint density at radius 2 is 1.16 bits per heavy atom. The third kappa shape index (κ3) is 15.4. The van der Waals surface area contributed by atoms with Gasteiger partial charge in [0, 0.05) is 13.5 Å². The summed E-state index contributed by atoms with van der Waals surface area (Å²) >= 11 is 0. The van der Waals surface area contributed by atoms with Crippen molar-refractivity contribution in [1.82, 2.24) is 0 Å². The van der Waals surface area contributed by atoms with Crippen LogP contribution < -0.4 is 0 Å². The van der Waals surface area contributed by atoms with Crippen LogP contribution in [0.3, 0.4) is 0 Å². The van der Waals surface area contributed by atoms with Gasteiger partial charge in [-0.05, 0) is 18.6 Å². The lowest BCUT2D eigenvalue weighted by molar-refractivity contribution is -0.135. The summed E-state index contributed by atoms with van der Waals surface area (Å²) in [5, 5.41) is 0. The van der Waals surface area contributed by atoms with Crippen LogP contribution in [0.2, 0.25) is 0 Å². The van der Waals surface area contributed by atoms with Crippen LogP contribution in [0.4, 0.5) is 0 Å². The Morgan fingerprint density at radius 3 is 1.62 bits per heavy atom. The number of carbonyl (C=O) groups excluding carboxylic acids is 2. The van der Waals surface area contributed by atoms with Gasteiger partial charge in [0.2, 0.25) is 0 Å². The largest absolute Gasteiger partial charge is 0.467 e. The highest BCUT2D eigenvalue weighted by molar-refractivity contribution is 7.43. The number of benzene rings is 1. The Kier molecular flexibility index (Phi) is 18.0. The molecule has 0 spiro atoms. The molecule has 1 rings (SSSR count). The maximum Gasteiger partial charge on any atom is 0.467 e. The molecule has 0 aromatic heterocycles. The van der Waals surface area contributed by atoms with Crippen molar-refractivity contribution < 1.29 is 23.2 Å². The number of hydrogen-bond acceptors (Lipinski definition) is 5. The Hall–Kier alpha value is -1.45. The van der Waals surface area contributed by atoms with Crippen LogP contribution in [-0.2, 0) is 18.4 Å². The highest BCUT2D eigenvalue weighted by atomic mass is 31.2. The lowest BCUT2D eigenvalue weighted by Crippen LogP contribution is -2.07. The molecule has 0 heterocycles. The van der Waals surface area contributed by atoms with E-state index in [-0.39, 0.29) is 5.97 Å². The summed E-state index contributed by atoms with van der Waals surface area (Å²) in [5.41, 5.74) is 0.399. The van der Waals surface area contributed by atoms with Crippen LogP contribution in [0, 0.1) is 0 Å². The molecule has 0 aliphatic carbocycles. The van der Waals surface area contributed by atoms with Crippen LogP contribution >= 0.6 is 8.60 Å². The predicted molar refractivity (Wildman–Crippen MR) is 131 cm³/mol. The molecule has 5 nitrogen and oxygen atoms in total. The second kappa shape index (κ2) is 20.2. The first-order valence-corrected chi connectivity index (χ1v) is 13.6. The molecular formula is C26H43O5P. The SMILES string of the molecule is CCCCCCCCCCCCCCCCCC(=O)OP(OC)OC(=O)c1ccccc1. The van der Waals surface area contributed by atoms with Crippen molar-refractivity contribution in [1.29, 1.82) is 0 Å². The van der Waals surface area contributed by atoms with Gasteiger partial charge in [0.25, 0.3) is 0 Å². The molecule has 0 aliphatic rings. The minimum Gasteiger partial charge on any atom is -0.385 e. The van der Waals surface area contributed by atoms with Gasteiger partial charge >= 0.3 is 20.5 Å². The average molecular weight is 467 g/mol. The molecule has 1 atom stereocenters. The Bertz CT molecular complexity index is 593. The molecular weight excluding hydrogens is 423 g/mol. The number of carbonyl (C=O) groups is 2. The van der Waals surface area contributed by atoms with Crippen molar-refractivity contribution in [2.75, 3.05) is 7.11 Å². The Balaban J connectivity index is 1.94. The minimum absolute atomic E-state index is 0.323. The van der Waals surface area contributed by atoms with Gasteiger partial charge in [-0.2, -0.15) is 0 Å². The van der Waals surface area contributed by atoms with Crippen LogP contribution in [0.5, 0.6) is 0 Å². The standard InChI is InChI=1S/C26H43O5P/c1-3-4-5-6-7-8-9-10-11-12-13-14-15-16-20-23-25(27)30-32(29-2)31-26(28)24-21-18-17-19-22-24/h17-19,21-22H,3-16,20,23H2,1-2H3. The maximum atomic E-state index is 12.0. The highest BCUT2D eigenvalue weighted by Gasteiger charge is 2.22. The summed E-state index contributed by atoms with van der Waals surface area (Å²) < 4.78 is 15.3. The first-order valence-electron chi connectivity index (χ1n) is 12.5. The van der Waals surface area contributed by atoms with Crippen molar-refractivity contribution in [3.05, 3.63) is 35.9 Å². The summed E-state index contributed by atoms with van der Waals surface area (Å²) in [7, 11) is -0.638. The summed E-state index contributed by atoms with van der Waals surface area (Å²) in [6.07, 6.45) is 19.6. The number of rotatable bonds is 20. The highest BCUT2D eigenvalue weighted by Crippen LogP contribution is 2.40. The fraction of sp³-hybridized carbons (Fsp3) is 0.692. The van der Waals surface area contributed by atoms with E-state index in [4.69, 9.17) is 13.6 Å². The normalized spacial score (nSPS) is 11.8. The van der Waals surface area contributed by atoms with Gasteiger partial charge < -0.3 is 9.05 Å². The van der Waals surface area contributed by atoms with Crippen molar-refractivity contribution in [3.8, 4) is 0 Å². The first kappa shape index (κ1) is 28.6. The molecule has 32 heavy (non-hydrogen) atoms. The smallest absolute Gasteiger partial charge is 0.385 e. The molecule has 1 aromatic rings. The number of unbranched alkanes of at least 4 members (excludes halogenated alkanes) is 14. The van der Waals surface area contributed by atoms with Gasteiger partial charge in [0.05, 0.1) is 5.56 Å². The maximum absolute atomic E-state index is 12.0. The molecule has 182 valence electrons. The molecule has 0 fully saturated rings. The van der Waals surface area contributed by atoms with Crippen molar-refractivity contribution >= 4 is 20.5 Å². The van der Waals surface area contributed by atoms with Gasteiger partial charge in [0.1, 0.15) is 0 Å². The van der Waals surface area contributed by atoms with E-state index in [1.165, 1.54) is 84.2 Å². The van der Waals surface area contributed by atoms with E-state index in [2.05, 4.69) is 6.92 Å². The molecule has 0 N–H and O–H groups in total. The van der Waals surface area contributed by atoms with Gasteiger partial charge in [-0.25, -0.2) is 4.79 Å². The lowest BCUT2D eigenvalue weighted by Gasteiger charge is -2.13. The van der Waals surface area contributed by atoms with Gasteiger partial charge in [-0.1, -0.05) is 115 Å². The fourth-order valence-electron chi connectivity index (χ4n) is 3.56. The quantitative estimate of drug-likeness (QED) is 0.142. The molecule has 0 saturated carbocycles. The average Bonchev–Trinajstić information content (AvgIpc) is 2.81. The van der Waals surface area contributed by atoms with Gasteiger partial charge in [0.15, 0.2) is 0 Å². The van der Waals surface area contributed by atoms with Gasteiger partial charge in [-0.15, -0.1) is 0 Å².